The molecule has 0 saturated carbocycles. The number of nitrogens with one attached hydrogen (secondary N) is 1. The summed E-state index contributed by atoms with van der Waals surface area (Å²) in [5.74, 6) is 0.0661. The molecule has 0 unspecified atom stereocenters. The summed E-state index contributed by atoms with van der Waals surface area (Å²) in [7, 11) is 0. The fraction of sp³-hybridized carbons (Fsp3) is 0.917. The predicted molar refractivity (Wildman–Crippen MR) is 66.1 cm³/mol. The molecule has 1 saturated heterocycles. The Morgan fingerprint density at radius 3 is 2.56 bits per heavy atom. The molecule has 0 aromatic heterocycles. The van der Waals surface area contributed by atoms with Crippen LogP contribution >= 0.6 is 0 Å². The van der Waals surface area contributed by atoms with Gasteiger partial charge in [-0.1, -0.05) is 0 Å². The molecule has 1 rings (SSSR count). The fourth-order valence-electron chi connectivity index (χ4n) is 1.84. The Morgan fingerprint density at radius 2 is 2.00 bits per heavy atom. The van der Waals surface area contributed by atoms with Crippen LogP contribution in [0.1, 0.15) is 33.1 Å². The zero-order chi connectivity index (χ0) is 12.0. The molecule has 0 radical (unpaired) electrons. The second-order valence-electron chi connectivity index (χ2n) is 5.25. The molecule has 1 fully saturated rings. The smallest absolute Gasteiger partial charge is 0.226 e. The van der Waals surface area contributed by atoms with Gasteiger partial charge in [0.1, 0.15) is 0 Å². The quantitative estimate of drug-likeness (QED) is 0.652. The number of nitrogens with two attached hydrogens (primary N) is 1. The third-order valence-corrected chi connectivity index (χ3v) is 3.26. The molecule has 1 heterocycles. The Bertz CT molecular complexity index is 222. The lowest BCUT2D eigenvalue weighted by molar-refractivity contribution is -0.128. The van der Waals surface area contributed by atoms with Crippen molar-refractivity contribution in [2.45, 2.75) is 33.1 Å². The molecule has 94 valence electrons. The van der Waals surface area contributed by atoms with E-state index in [1.807, 2.05) is 13.8 Å². The first-order chi connectivity index (χ1) is 7.56. The minimum Gasteiger partial charge on any atom is -0.356 e. The van der Waals surface area contributed by atoms with E-state index in [-0.39, 0.29) is 5.91 Å². The van der Waals surface area contributed by atoms with Gasteiger partial charge in [-0.2, -0.15) is 0 Å². The largest absolute Gasteiger partial charge is 0.356 e. The number of carbonyl (C=O) groups excluding carboxylic acids is 1. The highest BCUT2D eigenvalue weighted by Crippen LogP contribution is 2.12. The van der Waals surface area contributed by atoms with E-state index in [2.05, 4.69) is 10.2 Å². The summed E-state index contributed by atoms with van der Waals surface area (Å²) < 4.78 is 0. The Labute approximate surface area is 98.6 Å². The number of hydrogen-bond acceptors (Lipinski definition) is 3. The van der Waals surface area contributed by atoms with E-state index >= 15 is 0 Å². The van der Waals surface area contributed by atoms with E-state index in [4.69, 9.17) is 5.73 Å². The van der Waals surface area contributed by atoms with Crippen molar-refractivity contribution in [2.24, 2.45) is 11.1 Å². The molecule has 4 heteroatoms. The van der Waals surface area contributed by atoms with Gasteiger partial charge in [0.25, 0.3) is 0 Å². The molecule has 1 amide bonds. The van der Waals surface area contributed by atoms with Gasteiger partial charge in [0.05, 0.1) is 5.41 Å². The van der Waals surface area contributed by atoms with Crippen molar-refractivity contribution in [3.05, 3.63) is 0 Å². The predicted octanol–water partition coefficient (Wildman–Crippen LogP) is 0.573. The van der Waals surface area contributed by atoms with E-state index in [0.717, 1.165) is 19.5 Å². The number of hydrogen-bond donors (Lipinski definition) is 2. The molecule has 0 spiro atoms. The second-order valence-corrected chi connectivity index (χ2v) is 5.25. The molecule has 0 aromatic carbocycles. The van der Waals surface area contributed by atoms with Crippen LogP contribution in [0.25, 0.3) is 0 Å². The number of amides is 1. The van der Waals surface area contributed by atoms with Crippen molar-refractivity contribution in [1.82, 2.24) is 10.2 Å². The average molecular weight is 227 g/mol. The number of rotatable bonds is 6. The SMILES string of the molecule is CC(C)(CN)C(=O)NCCCN1CCCC1. The summed E-state index contributed by atoms with van der Waals surface area (Å²) >= 11 is 0. The Morgan fingerprint density at radius 1 is 1.38 bits per heavy atom. The van der Waals surface area contributed by atoms with E-state index in [1.54, 1.807) is 0 Å². The summed E-state index contributed by atoms with van der Waals surface area (Å²) in [5, 5.41) is 2.95. The minimum absolute atomic E-state index is 0.0661. The maximum Gasteiger partial charge on any atom is 0.226 e. The maximum absolute atomic E-state index is 11.7. The summed E-state index contributed by atoms with van der Waals surface area (Å²) in [6, 6.07) is 0. The topological polar surface area (TPSA) is 58.4 Å². The van der Waals surface area contributed by atoms with E-state index in [1.165, 1.54) is 25.9 Å². The zero-order valence-electron chi connectivity index (χ0n) is 10.6. The highest BCUT2D eigenvalue weighted by molar-refractivity contribution is 5.81. The maximum atomic E-state index is 11.7. The van der Waals surface area contributed by atoms with E-state index in [9.17, 15) is 4.79 Å². The second kappa shape index (κ2) is 6.21. The van der Waals surface area contributed by atoms with Crippen LogP contribution < -0.4 is 11.1 Å². The number of likely N-dealkylation sites (tertiary alicyclic amines) is 1. The lowest BCUT2D eigenvalue weighted by Crippen LogP contribution is -2.42. The molecule has 3 N–H and O–H groups in total. The third-order valence-electron chi connectivity index (χ3n) is 3.26. The van der Waals surface area contributed by atoms with Gasteiger partial charge in [0.2, 0.25) is 5.91 Å². The number of nitrogens with zero attached hydrogens (tertiary/aromatic N) is 1. The van der Waals surface area contributed by atoms with Crippen LogP contribution in [0.3, 0.4) is 0 Å². The molecule has 0 aliphatic carbocycles. The summed E-state index contributed by atoms with van der Waals surface area (Å²) in [6.45, 7) is 8.46. The first-order valence-corrected chi connectivity index (χ1v) is 6.27. The molecule has 0 bridgehead atoms. The van der Waals surface area contributed by atoms with Gasteiger partial charge in [0, 0.05) is 13.1 Å². The van der Waals surface area contributed by atoms with Crippen molar-refractivity contribution in [3.63, 3.8) is 0 Å². The van der Waals surface area contributed by atoms with Crippen molar-refractivity contribution in [1.29, 1.82) is 0 Å². The highest BCUT2D eigenvalue weighted by atomic mass is 16.2. The molecule has 4 nitrogen and oxygen atoms in total. The molecular weight excluding hydrogens is 202 g/mol. The van der Waals surface area contributed by atoms with Gasteiger partial charge in [0.15, 0.2) is 0 Å². The van der Waals surface area contributed by atoms with Gasteiger partial charge < -0.3 is 16.0 Å². The van der Waals surface area contributed by atoms with Crippen molar-refractivity contribution in [3.8, 4) is 0 Å². The first kappa shape index (κ1) is 13.5. The van der Waals surface area contributed by atoms with Gasteiger partial charge >= 0.3 is 0 Å². The van der Waals surface area contributed by atoms with E-state index < -0.39 is 5.41 Å². The van der Waals surface area contributed by atoms with Crippen LogP contribution in [-0.4, -0.2) is 43.5 Å². The van der Waals surface area contributed by atoms with Crippen LogP contribution in [-0.2, 0) is 4.79 Å². The lowest BCUT2D eigenvalue weighted by atomic mass is 9.93. The first-order valence-electron chi connectivity index (χ1n) is 6.27. The Hall–Kier alpha value is -0.610. The summed E-state index contributed by atoms with van der Waals surface area (Å²) in [6.07, 6.45) is 3.69. The van der Waals surface area contributed by atoms with Crippen molar-refractivity contribution < 1.29 is 4.79 Å². The lowest BCUT2D eigenvalue weighted by Gasteiger charge is -2.21. The van der Waals surface area contributed by atoms with E-state index in [0.29, 0.717) is 6.54 Å². The highest BCUT2D eigenvalue weighted by Gasteiger charge is 2.25. The zero-order valence-corrected chi connectivity index (χ0v) is 10.6. The van der Waals surface area contributed by atoms with Gasteiger partial charge in [-0.05, 0) is 52.7 Å². The molecule has 0 aromatic rings. The van der Waals surface area contributed by atoms with Crippen LogP contribution in [0.2, 0.25) is 0 Å². The van der Waals surface area contributed by atoms with Crippen LogP contribution in [0.5, 0.6) is 0 Å². The molecular formula is C12H25N3O. The average Bonchev–Trinajstić information content (AvgIpc) is 2.76. The normalized spacial score (nSPS) is 17.7. The molecule has 16 heavy (non-hydrogen) atoms. The Kier molecular flexibility index (Phi) is 5.22. The van der Waals surface area contributed by atoms with Gasteiger partial charge in [-0.15, -0.1) is 0 Å². The Balaban J connectivity index is 2.08. The molecule has 1 aliphatic rings. The minimum atomic E-state index is -0.437. The fourth-order valence-corrected chi connectivity index (χ4v) is 1.84. The third kappa shape index (κ3) is 4.10. The van der Waals surface area contributed by atoms with Crippen LogP contribution in [0.15, 0.2) is 0 Å². The standard InChI is InChI=1S/C12H25N3O/c1-12(2,10-13)11(16)14-6-5-9-15-7-3-4-8-15/h3-10,13H2,1-2H3,(H,14,16). The summed E-state index contributed by atoms with van der Waals surface area (Å²) in [5.41, 5.74) is 5.11. The monoisotopic (exact) mass is 227 g/mol. The van der Waals surface area contributed by atoms with Gasteiger partial charge in [-0.25, -0.2) is 0 Å². The molecule has 1 aliphatic heterocycles. The molecule has 0 atom stereocenters. The number of carbonyl (C=O) groups is 1. The van der Waals surface area contributed by atoms with Crippen LogP contribution in [0, 0.1) is 5.41 Å². The van der Waals surface area contributed by atoms with Crippen LogP contribution in [0.4, 0.5) is 0 Å². The summed E-state index contributed by atoms with van der Waals surface area (Å²) in [4.78, 5) is 14.1. The van der Waals surface area contributed by atoms with Crippen molar-refractivity contribution >= 4 is 5.91 Å². The van der Waals surface area contributed by atoms with Gasteiger partial charge in [-0.3, -0.25) is 4.79 Å². The van der Waals surface area contributed by atoms with Crippen molar-refractivity contribution in [2.75, 3.05) is 32.7 Å².